The van der Waals surface area contributed by atoms with Crippen LogP contribution in [0.5, 0.6) is 0 Å². The number of Topliss-reactive ketones (excluding diaryl/α,β-unsaturated/α-hetero) is 1. The van der Waals surface area contributed by atoms with Gasteiger partial charge in [0.25, 0.3) is 0 Å². The Morgan fingerprint density at radius 3 is 1.59 bits per heavy atom. The van der Waals surface area contributed by atoms with Crippen molar-refractivity contribution in [3.63, 3.8) is 0 Å². The number of nitrogen functional groups attached to an aromatic ring is 1. The highest BCUT2D eigenvalue weighted by Gasteiger charge is 2.28. The number of piperidine rings is 1. The Balaban J connectivity index is 0.000000279. The number of nitrogens with one attached hydrogen (secondary N) is 4. The molecule has 6 N–H and O–H groups in total. The minimum Gasteiger partial charge on any atom is -0.444 e. The first-order valence-electron chi connectivity index (χ1n) is 22.1. The number of hydrazine groups is 1. The second-order valence-corrected chi connectivity index (χ2v) is 15.9. The van der Waals surface area contributed by atoms with E-state index in [0.717, 1.165) is 49.2 Å². The molecular weight excluding hydrogens is 767 g/mol. The molecule has 12 nitrogen and oxygen atoms in total. The van der Waals surface area contributed by atoms with Gasteiger partial charge in [0.2, 0.25) is 0 Å². The first-order chi connectivity index (χ1) is 29.2. The smallest absolute Gasteiger partial charge is 0.410 e. The van der Waals surface area contributed by atoms with Crippen molar-refractivity contribution in [2.75, 3.05) is 31.6 Å². The molecule has 0 aliphatic carbocycles. The second kappa shape index (κ2) is 26.1. The number of para-hydroxylation sites is 3. The predicted molar refractivity (Wildman–Crippen MR) is 253 cm³/mol. The summed E-state index contributed by atoms with van der Waals surface area (Å²) in [5.41, 5.74) is 10.3. The third-order valence-electron chi connectivity index (χ3n) is 9.13. The van der Waals surface area contributed by atoms with Crippen molar-refractivity contribution < 1.29 is 23.9 Å². The summed E-state index contributed by atoms with van der Waals surface area (Å²) >= 11 is 0. The lowest BCUT2D eigenvalue weighted by Gasteiger charge is -2.30. The Morgan fingerprint density at radius 1 is 0.623 bits per heavy atom. The lowest BCUT2D eigenvalue weighted by Crippen LogP contribution is -2.43. The van der Waals surface area contributed by atoms with Gasteiger partial charge in [0.15, 0.2) is 5.78 Å². The Kier molecular flexibility index (Phi) is 22.2. The number of hydrogen-bond acceptors (Lipinski definition) is 8. The molecule has 8 rings (SSSR count). The van der Waals surface area contributed by atoms with Crippen molar-refractivity contribution >= 4 is 45.5 Å². The number of benzene rings is 3. The fourth-order valence-electron chi connectivity index (χ4n) is 6.65. The van der Waals surface area contributed by atoms with Gasteiger partial charge in [-0.05, 0) is 103 Å². The standard InChI is InChI=1S/C16H20N2O2.C11H12N2.C10H17NO3.C6H8N2.3C2H6/c1-16(2,3)20-15(19)18-9-8-12-11-6-4-5-7-13(11)17-14(12)10-18;1-2-4-10-8(3-1)9-5-6-12-7-11(9)13-10;1-10(2,3)14-9(13)11-6-4-5-8(12)7-11;7-8-6-4-2-1-3-5-6;3*1-2/h4-7,17H,8-10H2,1-3H3;1-4,12-13H,5-7H2;4-7H2,1-3H3;1-5,8H,7H2;3*1-2H3. The zero-order valence-corrected chi connectivity index (χ0v) is 39.1. The van der Waals surface area contributed by atoms with Crippen LogP contribution in [0, 0.1) is 0 Å². The van der Waals surface area contributed by atoms with Gasteiger partial charge >= 0.3 is 12.2 Å². The number of carbonyl (C=O) groups excluding carboxylic acids is 3. The molecule has 1 saturated heterocycles. The molecule has 3 aliphatic heterocycles. The number of aromatic nitrogens is 2. The maximum Gasteiger partial charge on any atom is 0.410 e. The van der Waals surface area contributed by atoms with E-state index < -0.39 is 11.2 Å². The van der Waals surface area contributed by atoms with Crippen LogP contribution in [0.3, 0.4) is 0 Å². The van der Waals surface area contributed by atoms with E-state index in [0.29, 0.717) is 26.1 Å². The molecule has 0 spiro atoms. The fourth-order valence-corrected chi connectivity index (χ4v) is 6.65. The summed E-state index contributed by atoms with van der Waals surface area (Å²) in [4.78, 5) is 44.8. The molecule has 1 fully saturated rings. The van der Waals surface area contributed by atoms with Gasteiger partial charge in [-0.2, -0.15) is 0 Å². The highest BCUT2D eigenvalue weighted by atomic mass is 16.6. The molecule has 0 bridgehead atoms. The average molecular weight is 842 g/mol. The Labute approximate surface area is 365 Å². The average Bonchev–Trinajstić information content (AvgIpc) is 3.84. The van der Waals surface area contributed by atoms with Crippen LogP contribution in [0.1, 0.15) is 118 Å². The lowest BCUT2D eigenvalue weighted by atomic mass is 10.0. The van der Waals surface area contributed by atoms with E-state index in [1.807, 2.05) is 119 Å². The van der Waals surface area contributed by atoms with Crippen LogP contribution in [-0.4, -0.2) is 75.1 Å². The maximum absolute atomic E-state index is 12.1. The summed E-state index contributed by atoms with van der Waals surface area (Å²) < 4.78 is 10.6. The number of H-pyrrole nitrogens is 2. The van der Waals surface area contributed by atoms with Gasteiger partial charge in [0.05, 0.1) is 13.1 Å². The number of nitrogens with zero attached hydrogens (tertiary/aromatic N) is 2. The third-order valence-corrected chi connectivity index (χ3v) is 9.13. The van der Waals surface area contributed by atoms with Crippen LogP contribution in [0.25, 0.3) is 21.8 Å². The van der Waals surface area contributed by atoms with Crippen molar-refractivity contribution in [3.8, 4) is 0 Å². The highest BCUT2D eigenvalue weighted by molar-refractivity contribution is 5.86. The predicted octanol–water partition coefficient (Wildman–Crippen LogP) is 10.9. The van der Waals surface area contributed by atoms with E-state index in [1.165, 1.54) is 38.0 Å². The largest absolute Gasteiger partial charge is 0.444 e. The van der Waals surface area contributed by atoms with E-state index in [4.69, 9.17) is 15.3 Å². The Hall–Kier alpha value is -5.33. The maximum atomic E-state index is 12.1. The third kappa shape index (κ3) is 16.9. The molecule has 0 saturated carbocycles. The van der Waals surface area contributed by atoms with Gasteiger partial charge < -0.3 is 40.0 Å². The van der Waals surface area contributed by atoms with E-state index >= 15 is 0 Å². The van der Waals surface area contributed by atoms with Crippen molar-refractivity contribution in [2.45, 2.75) is 133 Å². The molecule has 0 radical (unpaired) electrons. The Bertz CT molecular complexity index is 2040. The number of hydrogen-bond donors (Lipinski definition) is 5. The summed E-state index contributed by atoms with van der Waals surface area (Å²) in [6.07, 6.45) is 2.74. The van der Waals surface area contributed by atoms with Crippen molar-refractivity contribution in [3.05, 3.63) is 101 Å². The highest BCUT2D eigenvalue weighted by Crippen LogP contribution is 2.28. The zero-order valence-electron chi connectivity index (χ0n) is 39.1. The number of amides is 2. The van der Waals surface area contributed by atoms with Crippen LogP contribution in [-0.2, 0) is 40.2 Å². The lowest BCUT2D eigenvalue weighted by molar-refractivity contribution is -0.122. The molecule has 2 aromatic heterocycles. The molecule has 336 valence electrons. The molecule has 3 aliphatic rings. The van der Waals surface area contributed by atoms with E-state index in [9.17, 15) is 14.4 Å². The summed E-state index contributed by atoms with van der Waals surface area (Å²) in [6, 6.07) is 26.4. The number of likely N-dealkylation sites (tertiary alicyclic amines) is 1. The number of nitrogens with two attached hydrogens (primary N) is 1. The number of rotatable bonds is 1. The number of ketones is 1. The van der Waals surface area contributed by atoms with E-state index in [1.54, 1.807) is 4.90 Å². The SMILES string of the molecule is CC.CC.CC.CC(C)(C)OC(=O)N1CCCC(=O)C1.CC(C)(C)OC(=O)N1CCc2c([nH]c3ccccc23)C1.NNc1ccccc1.c1ccc2c3c([nH]c2c1)CNCC3. The first kappa shape index (κ1) is 51.8. The monoisotopic (exact) mass is 842 g/mol. The molecule has 5 aromatic rings. The van der Waals surface area contributed by atoms with Crippen LogP contribution >= 0.6 is 0 Å². The van der Waals surface area contributed by atoms with Crippen LogP contribution < -0.4 is 16.6 Å². The van der Waals surface area contributed by atoms with E-state index in [-0.39, 0.29) is 24.5 Å². The normalized spacial score (nSPS) is 14.0. The summed E-state index contributed by atoms with van der Waals surface area (Å²) in [5, 5.41) is 6.04. The zero-order chi connectivity index (χ0) is 45.6. The molecule has 5 heterocycles. The number of anilines is 1. The number of carbonyl (C=O) groups is 3. The molecular formula is C49H75N7O5. The summed E-state index contributed by atoms with van der Waals surface area (Å²) in [6.45, 7) is 27.4. The molecule has 2 amide bonds. The topological polar surface area (TPSA) is 158 Å². The Morgan fingerprint density at radius 2 is 1.10 bits per heavy atom. The molecule has 0 atom stereocenters. The second-order valence-electron chi connectivity index (χ2n) is 15.9. The molecule has 12 heteroatoms. The van der Waals surface area contributed by atoms with Gasteiger partial charge in [0, 0.05) is 64.9 Å². The van der Waals surface area contributed by atoms with Gasteiger partial charge in [0.1, 0.15) is 11.2 Å². The summed E-state index contributed by atoms with van der Waals surface area (Å²) in [7, 11) is 0. The van der Waals surface area contributed by atoms with Gasteiger partial charge in [-0.1, -0.05) is 96.1 Å². The number of aromatic amines is 2. The molecule has 3 aromatic carbocycles. The number of fused-ring (bicyclic) bond motifs is 6. The number of ether oxygens (including phenoxy) is 2. The quantitative estimate of drug-likeness (QED) is 0.0824. The molecule has 61 heavy (non-hydrogen) atoms. The van der Waals surface area contributed by atoms with Crippen LogP contribution in [0.15, 0.2) is 78.9 Å². The molecule has 0 unspecified atom stereocenters. The van der Waals surface area contributed by atoms with Gasteiger partial charge in [-0.3, -0.25) is 10.6 Å². The van der Waals surface area contributed by atoms with Crippen molar-refractivity contribution in [1.29, 1.82) is 0 Å². The van der Waals surface area contributed by atoms with E-state index in [2.05, 4.69) is 63.2 Å². The van der Waals surface area contributed by atoms with Crippen molar-refractivity contribution in [2.24, 2.45) is 5.84 Å². The van der Waals surface area contributed by atoms with Gasteiger partial charge in [-0.15, -0.1) is 0 Å². The van der Waals surface area contributed by atoms with Crippen LogP contribution in [0.2, 0.25) is 0 Å². The van der Waals surface area contributed by atoms with Gasteiger partial charge in [-0.25, -0.2) is 9.59 Å². The summed E-state index contributed by atoms with van der Waals surface area (Å²) in [5.74, 6) is 5.21. The van der Waals surface area contributed by atoms with Crippen molar-refractivity contribution in [1.82, 2.24) is 25.1 Å². The minimum atomic E-state index is -0.489. The first-order valence-corrected chi connectivity index (χ1v) is 22.1. The minimum absolute atomic E-state index is 0.113. The fraction of sp³-hybridized carbons (Fsp3) is 0.490. The van der Waals surface area contributed by atoms with Crippen LogP contribution in [0.4, 0.5) is 15.3 Å².